The molecule has 1 aliphatic rings. The highest BCUT2D eigenvalue weighted by atomic mass is 16.5. The van der Waals surface area contributed by atoms with Gasteiger partial charge in [0.25, 0.3) is 0 Å². The van der Waals surface area contributed by atoms with Crippen LogP contribution >= 0.6 is 0 Å². The van der Waals surface area contributed by atoms with Crippen molar-refractivity contribution in [2.45, 2.75) is 33.6 Å². The van der Waals surface area contributed by atoms with Crippen LogP contribution in [0.4, 0.5) is 11.4 Å². The fourth-order valence-electron chi connectivity index (χ4n) is 3.09. The minimum absolute atomic E-state index is 0.324. The molecule has 1 aliphatic heterocycles. The third-order valence-electron chi connectivity index (χ3n) is 4.49. The van der Waals surface area contributed by atoms with Crippen molar-refractivity contribution in [3.05, 3.63) is 23.8 Å². The lowest BCUT2D eigenvalue weighted by Gasteiger charge is -2.40. The number of esters is 1. The molecule has 0 aromatic heterocycles. The molecule has 0 radical (unpaired) electrons. The number of hydrogen-bond acceptors (Lipinski definition) is 4. The van der Waals surface area contributed by atoms with Gasteiger partial charge in [-0.2, -0.15) is 0 Å². The molecule has 0 saturated carbocycles. The first-order chi connectivity index (χ1) is 9.82. The molecule has 4 heteroatoms. The molecule has 0 spiro atoms. The van der Waals surface area contributed by atoms with Crippen molar-refractivity contribution in [2.75, 3.05) is 30.8 Å². The molecule has 1 aromatic carbocycles. The summed E-state index contributed by atoms with van der Waals surface area (Å²) in [5.41, 5.74) is 8.23. The fourth-order valence-corrected chi connectivity index (χ4v) is 3.09. The number of nitrogens with two attached hydrogens (primary N) is 1. The molecule has 1 aromatic rings. The first-order valence-corrected chi connectivity index (χ1v) is 7.55. The van der Waals surface area contributed by atoms with Crippen LogP contribution in [0.2, 0.25) is 0 Å². The van der Waals surface area contributed by atoms with Crippen LogP contribution in [-0.2, 0) is 4.74 Å². The molecule has 2 rings (SSSR count). The molecule has 0 atom stereocenters. The number of rotatable bonds is 2. The summed E-state index contributed by atoms with van der Waals surface area (Å²) >= 11 is 0. The van der Waals surface area contributed by atoms with Crippen molar-refractivity contribution in [3.8, 4) is 0 Å². The van der Waals surface area contributed by atoms with E-state index in [2.05, 4.69) is 25.7 Å². The van der Waals surface area contributed by atoms with Gasteiger partial charge in [-0.3, -0.25) is 0 Å². The largest absolute Gasteiger partial charge is 0.465 e. The van der Waals surface area contributed by atoms with Crippen molar-refractivity contribution >= 4 is 17.3 Å². The van der Waals surface area contributed by atoms with Gasteiger partial charge in [0.2, 0.25) is 0 Å². The van der Waals surface area contributed by atoms with E-state index in [1.807, 2.05) is 12.1 Å². The molecule has 116 valence electrons. The summed E-state index contributed by atoms with van der Waals surface area (Å²) in [5.74, 6) is 0.402. The Morgan fingerprint density at radius 2 is 1.90 bits per heavy atom. The highest BCUT2D eigenvalue weighted by Gasteiger charge is 2.30. The van der Waals surface area contributed by atoms with Crippen LogP contribution in [0.1, 0.15) is 44.0 Å². The number of ether oxygens (including phenoxy) is 1. The Labute approximate surface area is 127 Å². The molecule has 2 N–H and O–H groups in total. The van der Waals surface area contributed by atoms with Crippen LogP contribution in [0.3, 0.4) is 0 Å². The van der Waals surface area contributed by atoms with E-state index in [1.54, 1.807) is 6.07 Å². The van der Waals surface area contributed by atoms with Gasteiger partial charge in [0.05, 0.1) is 18.4 Å². The summed E-state index contributed by atoms with van der Waals surface area (Å²) in [6, 6.07) is 5.48. The van der Waals surface area contributed by atoms with Crippen LogP contribution in [0.15, 0.2) is 18.2 Å². The lowest BCUT2D eigenvalue weighted by Crippen LogP contribution is -2.38. The number of benzene rings is 1. The second kappa shape index (κ2) is 5.96. The Hall–Kier alpha value is -1.71. The van der Waals surface area contributed by atoms with Crippen LogP contribution in [0.25, 0.3) is 0 Å². The number of nitrogen functional groups attached to an aromatic ring is 1. The summed E-state index contributed by atoms with van der Waals surface area (Å²) in [5, 5.41) is 0. The fraction of sp³-hybridized carbons (Fsp3) is 0.588. The van der Waals surface area contributed by atoms with Gasteiger partial charge in [-0.25, -0.2) is 4.79 Å². The van der Waals surface area contributed by atoms with Crippen LogP contribution in [0, 0.1) is 11.3 Å². The maximum atomic E-state index is 11.9. The number of piperidine rings is 1. The van der Waals surface area contributed by atoms with Gasteiger partial charge in [-0.1, -0.05) is 20.8 Å². The highest BCUT2D eigenvalue weighted by molar-refractivity contribution is 5.97. The molecule has 0 amide bonds. The van der Waals surface area contributed by atoms with Crippen molar-refractivity contribution in [3.63, 3.8) is 0 Å². The van der Waals surface area contributed by atoms with Crippen molar-refractivity contribution in [1.82, 2.24) is 0 Å². The molecule has 1 fully saturated rings. The summed E-state index contributed by atoms with van der Waals surface area (Å²) in [4.78, 5) is 14.2. The topological polar surface area (TPSA) is 55.6 Å². The monoisotopic (exact) mass is 290 g/mol. The number of methoxy groups -OCH3 is 1. The molecular formula is C17H26N2O2. The normalized spacial score (nSPS) is 16.9. The van der Waals surface area contributed by atoms with Crippen LogP contribution in [-0.4, -0.2) is 26.2 Å². The average molecular weight is 290 g/mol. The smallest absolute Gasteiger partial charge is 0.340 e. The van der Waals surface area contributed by atoms with Gasteiger partial charge in [0, 0.05) is 18.8 Å². The molecule has 4 nitrogen and oxygen atoms in total. The van der Waals surface area contributed by atoms with Gasteiger partial charge in [-0.15, -0.1) is 0 Å². The van der Waals surface area contributed by atoms with E-state index in [-0.39, 0.29) is 5.97 Å². The van der Waals surface area contributed by atoms with Crippen molar-refractivity contribution in [1.29, 1.82) is 0 Å². The SMILES string of the molecule is COC(=O)c1cc(N)ccc1N1CCC(C(C)(C)C)CC1. The van der Waals surface area contributed by atoms with E-state index in [0.717, 1.165) is 37.5 Å². The zero-order valence-corrected chi connectivity index (χ0v) is 13.5. The number of hydrogen-bond donors (Lipinski definition) is 1. The van der Waals surface area contributed by atoms with Gasteiger partial charge in [0.1, 0.15) is 0 Å². The Kier molecular flexibility index (Phi) is 4.45. The first-order valence-electron chi connectivity index (χ1n) is 7.55. The van der Waals surface area contributed by atoms with Crippen LogP contribution < -0.4 is 10.6 Å². The molecule has 21 heavy (non-hydrogen) atoms. The molecule has 0 unspecified atom stereocenters. The molecule has 1 heterocycles. The van der Waals surface area contributed by atoms with E-state index >= 15 is 0 Å². The Bertz CT molecular complexity index is 512. The van der Waals surface area contributed by atoms with Crippen LogP contribution in [0.5, 0.6) is 0 Å². The highest BCUT2D eigenvalue weighted by Crippen LogP contribution is 2.36. The average Bonchev–Trinajstić information content (AvgIpc) is 2.45. The zero-order chi connectivity index (χ0) is 15.6. The minimum atomic E-state index is -0.324. The predicted molar refractivity (Wildman–Crippen MR) is 86.6 cm³/mol. The summed E-state index contributed by atoms with van der Waals surface area (Å²) < 4.78 is 4.88. The quantitative estimate of drug-likeness (QED) is 0.670. The Morgan fingerprint density at radius 1 is 1.29 bits per heavy atom. The molecule has 0 bridgehead atoms. The molecule has 1 saturated heterocycles. The molecule has 0 aliphatic carbocycles. The second-order valence-electron chi connectivity index (χ2n) is 6.90. The third kappa shape index (κ3) is 3.49. The Balaban J connectivity index is 2.19. The first kappa shape index (κ1) is 15.7. The number of carbonyl (C=O) groups excluding carboxylic acids is 1. The summed E-state index contributed by atoms with van der Waals surface area (Å²) in [6.45, 7) is 8.84. The number of anilines is 2. The lowest BCUT2D eigenvalue weighted by atomic mass is 9.75. The summed E-state index contributed by atoms with van der Waals surface area (Å²) in [7, 11) is 1.40. The van der Waals surface area contributed by atoms with E-state index in [0.29, 0.717) is 16.7 Å². The second-order valence-corrected chi connectivity index (χ2v) is 6.90. The standard InChI is InChI=1S/C17H26N2O2/c1-17(2,3)12-7-9-19(10-8-12)15-6-5-13(18)11-14(15)16(20)21-4/h5-6,11-12H,7-10,18H2,1-4H3. The van der Waals surface area contributed by atoms with Crippen molar-refractivity contribution < 1.29 is 9.53 Å². The maximum absolute atomic E-state index is 11.9. The molecular weight excluding hydrogens is 264 g/mol. The number of nitrogens with zero attached hydrogens (tertiary/aromatic N) is 1. The zero-order valence-electron chi connectivity index (χ0n) is 13.5. The third-order valence-corrected chi connectivity index (χ3v) is 4.49. The van der Waals surface area contributed by atoms with Gasteiger partial charge in [-0.05, 0) is 42.4 Å². The van der Waals surface area contributed by atoms with E-state index in [9.17, 15) is 4.79 Å². The lowest BCUT2D eigenvalue weighted by molar-refractivity contribution is 0.0601. The maximum Gasteiger partial charge on any atom is 0.340 e. The van der Waals surface area contributed by atoms with E-state index < -0.39 is 0 Å². The van der Waals surface area contributed by atoms with Crippen molar-refractivity contribution in [2.24, 2.45) is 11.3 Å². The number of carbonyl (C=O) groups is 1. The van der Waals surface area contributed by atoms with Gasteiger partial charge < -0.3 is 15.4 Å². The minimum Gasteiger partial charge on any atom is -0.465 e. The summed E-state index contributed by atoms with van der Waals surface area (Å²) in [6.07, 6.45) is 2.29. The van der Waals surface area contributed by atoms with E-state index in [4.69, 9.17) is 10.5 Å². The van der Waals surface area contributed by atoms with Gasteiger partial charge in [0.15, 0.2) is 0 Å². The van der Waals surface area contributed by atoms with E-state index in [1.165, 1.54) is 7.11 Å². The Morgan fingerprint density at radius 3 is 2.43 bits per heavy atom. The van der Waals surface area contributed by atoms with Gasteiger partial charge >= 0.3 is 5.97 Å². The predicted octanol–water partition coefficient (Wildman–Crippen LogP) is 3.32.